The third kappa shape index (κ3) is 3.90. The standard InChI is InChI=1S/C22H27ClN4O4/c1-12-17-19(25-31-12)18-15(23)6-5-7-16(18)27(20(17)28)14-8-13(9-24)10-26(11-14)21(29)30-22(2,3)4/h5-7,13-14H,8-11,24H2,1-4H3. The maximum absolute atomic E-state index is 13.6. The summed E-state index contributed by atoms with van der Waals surface area (Å²) in [7, 11) is 0. The Kier molecular flexibility index (Phi) is 5.47. The van der Waals surface area contributed by atoms with Gasteiger partial charge in [0.25, 0.3) is 5.56 Å². The third-order valence-corrected chi connectivity index (χ3v) is 5.96. The van der Waals surface area contributed by atoms with E-state index in [4.69, 9.17) is 26.6 Å². The minimum atomic E-state index is -0.613. The van der Waals surface area contributed by atoms with Gasteiger partial charge in [-0.25, -0.2) is 4.79 Å². The lowest BCUT2D eigenvalue weighted by molar-refractivity contribution is 0.0113. The van der Waals surface area contributed by atoms with E-state index in [1.807, 2.05) is 26.8 Å². The van der Waals surface area contributed by atoms with E-state index in [0.29, 0.717) is 58.6 Å². The third-order valence-electron chi connectivity index (χ3n) is 5.65. The maximum atomic E-state index is 13.6. The number of carbonyl (C=O) groups is 1. The molecular weight excluding hydrogens is 420 g/mol. The first-order valence-electron chi connectivity index (χ1n) is 10.4. The summed E-state index contributed by atoms with van der Waals surface area (Å²) in [5.41, 5.74) is 6.28. The Hall–Kier alpha value is -2.58. The summed E-state index contributed by atoms with van der Waals surface area (Å²) in [6.07, 6.45) is 0.251. The van der Waals surface area contributed by atoms with Crippen molar-refractivity contribution in [1.29, 1.82) is 0 Å². The van der Waals surface area contributed by atoms with Crippen LogP contribution in [0.5, 0.6) is 0 Å². The van der Waals surface area contributed by atoms with Crippen molar-refractivity contribution < 1.29 is 14.1 Å². The molecule has 1 aliphatic rings. The van der Waals surface area contributed by atoms with Gasteiger partial charge in [0, 0.05) is 18.5 Å². The summed E-state index contributed by atoms with van der Waals surface area (Å²) in [5.74, 6) is 0.470. The van der Waals surface area contributed by atoms with Gasteiger partial charge in [-0.3, -0.25) is 4.79 Å². The van der Waals surface area contributed by atoms with Crippen molar-refractivity contribution in [1.82, 2.24) is 14.6 Å². The van der Waals surface area contributed by atoms with Crippen LogP contribution in [0.25, 0.3) is 21.8 Å². The number of halogens is 1. The molecule has 3 heterocycles. The van der Waals surface area contributed by atoms with Gasteiger partial charge >= 0.3 is 6.09 Å². The van der Waals surface area contributed by atoms with Gasteiger partial charge in [-0.1, -0.05) is 22.8 Å². The zero-order valence-electron chi connectivity index (χ0n) is 18.1. The quantitative estimate of drug-likeness (QED) is 0.641. The fourth-order valence-corrected chi connectivity index (χ4v) is 4.60. The second kappa shape index (κ2) is 7.84. The molecule has 4 rings (SSSR count). The zero-order chi connectivity index (χ0) is 22.5. The predicted molar refractivity (Wildman–Crippen MR) is 120 cm³/mol. The average Bonchev–Trinajstić information content (AvgIpc) is 3.08. The smallest absolute Gasteiger partial charge is 0.410 e. The highest BCUT2D eigenvalue weighted by Gasteiger charge is 2.34. The molecule has 0 bridgehead atoms. The molecule has 2 N–H and O–H groups in total. The lowest BCUT2D eigenvalue weighted by Crippen LogP contribution is -2.49. The van der Waals surface area contributed by atoms with E-state index >= 15 is 0 Å². The number of benzene rings is 1. The van der Waals surface area contributed by atoms with Crippen LogP contribution in [-0.4, -0.2) is 46.0 Å². The first-order valence-corrected chi connectivity index (χ1v) is 10.7. The minimum absolute atomic E-state index is 0.0340. The number of hydrogen-bond acceptors (Lipinski definition) is 6. The second-order valence-electron chi connectivity index (χ2n) is 9.15. The summed E-state index contributed by atoms with van der Waals surface area (Å²) in [5, 5.41) is 5.64. The van der Waals surface area contributed by atoms with Gasteiger partial charge < -0.3 is 24.5 Å². The van der Waals surface area contributed by atoms with E-state index in [0.717, 1.165) is 0 Å². The van der Waals surface area contributed by atoms with Crippen LogP contribution >= 0.6 is 11.6 Å². The average molecular weight is 447 g/mol. The molecule has 1 saturated heterocycles. The van der Waals surface area contributed by atoms with Crippen LogP contribution in [0.1, 0.15) is 39.0 Å². The monoisotopic (exact) mass is 446 g/mol. The zero-order valence-corrected chi connectivity index (χ0v) is 18.9. The minimum Gasteiger partial charge on any atom is -0.444 e. The number of carbonyl (C=O) groups excluding carboxylic acids is 1. The molecule has 2 atom stereocenters. The molecule has 31 heavy (non-hydrogen) atoms. The number of nitrogens with two attached hydrogens (primary N) is 1. The Morgan fingerprint density at radius 1 is 1.32 bits per heavy atom. The molecule has 2 aromatic heterocycles. The van der Waals surface area contributed by atoms with Crippen molar-refractivity contribution in [3.05, 3.63) is 39.3 Å². The van der Waals surface area contributed by atoms with Crippen LogP contribution in [0.15, 0.2) is 27.5 Å². The summed E-state index contributed by atoms with van der Waals surface area (Å²) in [4.78, 5) is 28.0. The normalized spacial score (nSPS) is 19.9. The number of amides is 1. The van der Waals surface area contributed by atoms with Gasteiger partial charge in [-0.15, -0.1) is 0 Å². The van der Waals surface area contributed by atoms with Crippen LogP contribution in [-0.2, 0) is 4.74 Å². The second-order valence-corrected chi connectivity index (χ2v) is 9.56. The van der Waals surface area contributed by atoms with Crippen LogP contribution < -0.4 is 11.3 Å². The molecule has 0 spiro atoms. The number of aryl methyl sites for hydroxylation is 1. The highest BCUT2D eigenvalue weighted by atomic mass is 35.5. The highest BCUT2D eigenvalue weighted by molar-refractivity contribution is 6.37. The Balaban J connectivity index is 1.87. The first-order chi connectivity index (χ1) is 14.6. The summed E-state index contributed by atoms with van der Waals surface area (Å²) >= 11 is 6.51. The van der Waals surface area contributed by atoms with Crippen molar-refractivity contribution in [3.8, 4) is 0 Å². The number of ether oxygens (including phenoxy) is 1. The molecule has 1 amide bonds. The summed E-state index contributed by atoms with van der Waals surface area (Å²) in [6, 6.07) is 5.12. The molecule has 0 aliphatic carbocycles. The van der Waals surface area contributed by atoms with E-state index in [-0.39, 0.29) is 17.5 Å². The van der Waals surface area contributed by atoms with Crippen LogP contribution in [0, 0.1) is 12.8 Å². The van der Waals surface area contributed by atoms with Crippen molar-refractivity contribution in [2.24, 2.45) is 11.7 Å². The SMILES string of the molecule is Cc1onc2c1c(=O)n(C1CC(CN)CN(C(=O)OC(C)(C)C)C1)c1cccc(Cl)c21. The number of aromatic nitrogens is 2. The van der Waals surface area contributed by atoms with Gasteiger partial charge in [-0.2, -0.15) is 0 Å². The highest BCUT2D eigenvalue weighted by Crippen LogP contribution is 2.34. The van der Waals surface area contributed by atoms with Gasteiger partial charge in [0.15, 0.2) is 0 Å². The summed E-state index contributed by atoms with van der Waals surface area (Å²) in [6.45, 7) is 8.42. The number of hydrogen-bond donors (Lipinski definition) is 1. The number of likely N-dealkylation sites (tertiary alicyclic amines) is 1. The number of pyridine rings is 1. The number of piperidine rings is 1. The molecule has 3 aromatic rings. The lowest BCUT2D eigenvalue weighted by Gasteiger charge is -2.39. The van der Waals surface area contributed by atoms with Gasteiger partial charge in [0.1, 0.15) is 22.3 Å². The largest absolute Gasteiger partial charge is 0.444 e. The number of rotatable bonds is 2. The predicted octanol–water partition coefficient (Wildman–Crippen LogP) is 3.86. The summed E-state index contributed by atoms with van der Waals surface area (Å²) < 4.78 is 12.6. The fraction of sp³-hybridized carbons (Fsp3) is 0.500. The molecule has 9 heteroatoms. The number of nitrogens with zero attached hydrogens (tertiary/aromatic N) is 3. The fourth-order valence-electron chi connectivity index (χ4n) is 4.34. The molecule has 0 saturated carbocycles. The van der Waals surface area contributed by atoms with Gasteiger partial charge in [0.05, 0.1) is 16.6 Å². The van der Waals surface area contributed by atoms with Crippen LogP contribution in [0.4, 0.5) is 4.79 Å². The maximum Gasteiger partial charge on any atom is 0.410 e. The molecule has 1 aromatic carbocycles. The molecular formula is C22H27ClN4O4. The molecule has 1 fully saturated rings. The molecule has 166 valence electrons. The van der Waals surface area contributed by atoms with Crippen LogP contribution in [0.3, 0.4) is 0 Å². The first kappa shape index (κ1) is 21.6. The van der Waals surface area contributed by atoms with Crippen molar-refractivity contribution >= 4 is 39.5 Å². The topological polar surface area (TPSA) is 104 Å². The van der Waals surface area contributed by atoms with Gasteiger partial charge in [-0.05, 0) is 58.7 Å². The Morgan fingerprint density at radius 3 is 2.74 bits per heavy atom. The Labute approximate surface area is 184 Å². The Morgan fingerprint density at radius 2 is 2.06 bits per heavy atom. The Bertz CT molecular complexity index is 1210. The number of fused-ring (bicyclic) bond motifs is 3. The van der Waals surface area contributed by atoms with E-state index in [2.05, 4.69) is 5.16 Å². The van der Waals surface area contributed by atoms with E-state index in [9.17, 15) is 9.59 Å². The van der Waals surface area contributed by atoms with Crippen molar-refractivity contribution in [2.45, 2.75) is 45.8 Å². The molecule has 2 unspecified atom stereocenters. The lowest BCUT2D eigenvalue weighted by atomic mass is 9.93. The van der Waals surface area contributed by atoms with E-state index < -0.39 is 11.7 Å². The van der Waals surface area contributed by atoms with Crippen LogP contribution in [0.2, 0.25) is 5.02 Å². The van der Waals surface area contributed by atoms with E-state index in [1.54, 1.807) is 28.5 Å². The van der Waals surface area contributed by atoms with E-state index in [1.165, 1.54) is 0 Å². The molecule has 8 nitrogen and oxygen atoms in total. The molecule has 0 radical (unpaired) electrons. The van der Waals surface area contributed by atoms with Gasteiger partial charge in [0.2, 0.25) is 0 Å². The van der Waals surface area contributed by atoms with Crippen molar-refractivity contribution in [2.75, 3.05) is 19.6 Å². The molecule has 1 aliphatic heterocycles. The van der Waals surface area contributed by atoms with Crippen molar-refractivity contribution in [3.63, 3.8) is 0 Å².